The third-order valence-corrected chi connectivity index (χ3v) is 5.20. The lowest BCUT2D eigenvalue weighted by atomic mass is 10.0. The summed E-state index contributed by atoms with van der Waals surface area (Å²) >= 11 is 0. The fourth-order valence-electron chi connectivity index (χ4n) is 3.61. The van der Waals surface area contributed by atoms with Crippen LogP contribution in [0, 0.1) is 5.82 Å². The van der Waals surface area contributed by atoms with E-state index in [1.165, 1.54) is 18.2 Å². The zero-order chi connectivity index (χ0) is 22.3. The lowest BCUT2D eigenvalue weighted by Crippen LogP contribution is -2.38. The molecule has 0 aliphatic carbocycles. The van der Waals surface area contributed by atoms with Crippen LogP contribution in [0.5, 0.6) is 0 Å². The second-order valence-corrected chi connectivity index (χ2v) is 7.57. The number of nitrogens with zero attached hydrogens (tertiary/aromatic N) is 3. The molecule has 3 aromatic rings. The molecule has 2 N–H and O–H groups in total. The molecule has 1 fully saturated rings. The maximum absolute atomic E-state index is 13.5. The topological polar surface area (TPSA) is 100 Å². The molecule has 4 rings (SSSR count). The van der Waals surface area contributed by atoms with Gasteiger partial charge in [0.2, 0.25) is 11.9 Å². The lowest BCUT2D eigenvalue weighted by molar-refractivity contribution is -0.121. The Hall–Kier alpha value is -3.59. The van der Waals surface area contributed by atoms with Gasteiger partial charge < -0.3 is 15.0 Å². The van der Waals surface area contributed by atoms with Crippen molar-refractivity contribution in [2.24, 2.45) is 0 Å². The number of carbonyl (C=O) groups excluding carboxylic acids is 1. The summed E-state index contributed by atoms with van der Waals surface area (Å²) in [5, 5.41) is 2.99. The van der Waals surface area contributed by atoms with Gasteiger partial charge in [0, 0.05) is 38.0 Å². The Morgan fingerprint density at radius 3 is 2.72 bits per heavy atom. The van der Waals surface area contributed by atoms with E-state index in [0.29, 0.717) is 37.9 Å². The highest BCUT2D eigenvalue weighted by Crippen LogP contribution is 2.19. The number of aromatic amines is 1. The highest BCUT2D eigenvalue weighted by atomic mass is 19.1. The van der Waals surface area contributed by atoms with Gasteiger partial charge >= 0.3 is 0 Å². The summed E-state index contributed by atoms with van der Waals surface area (Å²) in [5.41, 5.74) is 1.77. The number of hydrogen-bond acceptors (Lipinski definition) is 6. The average molecular weight is 437 g/mol. The number of pyridine rings is 1. The second-order valence-electron chi connectivity index (χ2n) is 7.57. The molecule has 3 heterocycles. The predicted molar refractivity (Wildman–Crippen MR) is 117 cm³/mol. The van der Waals surface area contributed by atoms with Crippen LogP contribution in [0.2, 0.25) is 0 Å². The Morgan fingerprint density at radius 2 is 2.00 bits per heavy atom. The van der Waals surface area contributed by atoms with E-state index in [9.17, 15) is 14.0 Å². The Bertz CT molecular complexity index is 1100. The van der Waals surface area contributed by atoms with E-state index in [1.54, 1.807) is 30.6 Å². The van der Waals surface area contributed by atoms with Gasteiger partial charge in [0.15, 0.2) is 0 Å². The number of carbonyl (C=O) groups is 1. The molecule has 1 aromatic carbocycles. The average Bonchev–Trinajstić information content (AvgIpc) is 2.80. The third kappa shape index (κ3) is 5.76. The smallest absolute Gasteiger partial charge is 0.252 e. The van der Waals surface area contributed by atoms with Crippen LogP contribution in [0.4, 0.5) is 10.3 Å². The minimum atomic E-state index is -0.480. The van der Waals surface area contributed by atoms with Crippen LogP contribution in [0.15, 0.2) is 59.7 Å². The maximum Gasteiger partial charge on any atom is 0.252 e. The van der Waals surface area contributed by atoms with E-state index in [-0.39, 0.29) is 30.1 Å². The maximum atomic E-state index is 13.5. The number of amides is 1. The normalized spacial score (nSPS) is 14.7. The van der Waals surface area contributed by atoms with Crippen molar-refractivity contribution in [1.29, 1.82) is 0 Å². The molecule has 0 saturated carbocycles. The number of H-pyrrole nitrogens is 1. The quantitative estimate of drug-likeness (QED) is 0.585. The van der Waals surface area contributed by atoms with E-state index in [1.807, 2.05) is 11.0 Å². The molecule has 1 amide bonds. The van der Waals surface area contributed by atoms with Gasteiger partial charge in [0.25, 0.3) is 5.56 Å². The van der Waals surface area contributed by atoms with Gasteiger partial charge in [-0.25, -0.2) is 9.37 Å². The van der Waals surface area contributed by atoms with Crippen LogP contribution in [0.1, 0.15) is 22.9 Å². The Kier molecular flexibility index (Phi) is 6.86. The fraction of sp³-hybridized carbons (Fsp3) is 0.304. The Morgan fingerprint density at radius 1 is 1.22 bits per heavy atom. The number of rotatable bonds is 7. The summed E-state index contributed by atoms with van der Waals surface area (Å²) in [6.07, 6.45) is 3.73. The molecule has 0 unspecified atom stereocenters. The SMILES string of the molecule is O=C(Cc1cccnc1)N[C@@H](Cc1cc(=O)[nH]c(N2CCOCC2)n1)c1ccc(F)cc1. The monoisotopic (exact) mass is 437 g/mol. The van der Waals surface area contributed by atoms with E-state index < -0.39 is 6.04 Å². The van der Waals surface area contributed by atoms with Crippen LogP contribution in [0.25, 0.3) is 0 Å². The summed E-state index contributed by atoms with van der Waals surface area (Å²) in [6, 6.07) is 10.5. The summed E-state index contributed by atoms with van der Waals surface area (Å²) in [6.45, 7) is 2.40. The standard InChI is InChI=1S/C23H24FN5O3/c24-18-5-3-17(4-6-18)20(27-21(30)12-16-2-1-7-25-15-16)13-19-14-22(31)28-23(26-19)29-8-10-32-11-9-29/h1-7,14-15,20H,8-13H2,(H,27,30)(H,26,28,31)/t20-/m0/s1. The molecule has 0 bridgehead atoms. The minimum absolute atomic E-state index is 0.160. The van der Waals surface area contributed by atoms with Crippen molar-refractivity contribution >= 4 is 11.9 Å². The van der Waals surface area contributed by atoms with Gasteiger partial charge in [-0.05, 0) is 29.3 Å². The molecule has 9 heteroatoms. The van der Waals surface area contributed by atoms with Gasteiger partial charge in [-0.2, -0.15) is 0 Å². The van der Waals surface area contributed by atoms with Crippen molar-refractivity contribution in [3.8, 4) is 0 Å². The molecule has 1 saturated heterocycles. The first-order valence-corrected chi connectivity index (χ1v) is 10.4. The number of nitrogens with one attached hydrogen (secondary N) is 2. The summed E-state index contributed by atoms with van der Waals surface area (Å²) in [5.74, 6) is -0.0843. The number of aromatic nitrogens is 3. The fourth-order valence-corrected chi connectivity index (χ4v) is 3.61. The Labute approximate surface area is 184 Å². The van der Waals surface area contributed by atoms with Crippen LogP contribution < -0.4 is 15.8 Å². The number of benzene rings is 1. The largest absolute Gasteiger partial charge is 0.378 e. The van der Waals surface area contributed by atoms with Crippen molar-refractivity contribution in [2.75, 3.05) is 31.2 Å². The molecule has 1 aliphatic rings. The van der Waals surface area contributed by atoms with Gasteiger partial charge in [0.1, 0.15) is 5.82 Å². The zero-order valence-electron chi connectivity index (χ0n) is 17.5. The highest BCUT2D eigenvalue weighted by Gasteiger charge is 2.19. The van der Waals surface area contributed by atoms with Gasteiger partial charge in [-0.15, -0.1) is 0 Å². The molecular weight excluding hydrogens is 413 g/mol. The van der Waals surface area contributed by atoms with Crippen LogP contribution >= 0.6 is 0 Å². The number of hydrogen-bond donors (Lipinski definition) is 2. The van der Waals surface area contributed by atoms with Gasteiger partial charge in [-0.1, -0.05) is 18.2 Å². The van der Waals surface area contributed by atoms with Crippen LogP contribution in [-0.4, -0.2) is 47.2 Å². The highest BCUT2D eigenvalue weighted by molar-refractivity contribution is 5.79. The number of anilines is 1. The van der Waals surface area contributed by atoms with Crippen molar-refractivity contribution in [1.82, 2.24) is 20.3 Å². The lowest BCUT2D eigenvalue weighted by Gasteiger charge is -2.27. The zero-order valence-corrected chi connectivity index (χ0v) is 17.5. The van der Waals surface area contributed by atoms with Crippen molar-refractivity contribution < 1.29 is 13.9 Å². The summed E-state index contributed by atoms with van der Waals surface area (Å²) in [4.78, 5) is 38.4. The van der Waals surface area contributed by atoms with Crippen LogP contribution in [-0.2, 0) is 22.4 Å². The summed E-state index contributed by atoms with van der Waals surface area (Å²) in [7, 11) is 0. The molecule has 8 nitrogen and oxygen atoms in total. The predicted octanol–water partition coefficient (Wildman–Crippen LogP) is 1.78. The first kappa shape index (κ1) is 21.6. The second kappa shape index (κ2) is 10.1. The van der Waals surface area contributed by atoms with E-state index in [4.69, 9.17) is 4.74 Å². The van der Waals surface area contributed by atoms with Crippen molar-refractivity contribution in [3.63, 3.8) is 0 Å². The molecule has 166 valence electrons. The van der Waals surface area contributed by atoms with E-state index >= 15 is 0 Å². The van der Waals surface area contributed by atoms with E-state index in [0.717, 1.165) is 11.1 Å². The molecule has 0 spiro atoms. The molecule has 1 aliphatic heterocycles. The molecule has 0 radical (unpaired) electrons. The third-order valence-electron chi connectivity index (χ3n) is 5.20. The number of halogens is 1. The first-order valence-electron chi connectivity index (χ1n) is 10.4. The van der Waals surface area contributed by atoms with Crippen LogP contribution in [0.3, 0.4) is 0 Å². The van der Waals surface area contributed by atoms with Crippen molar-refractivity contribution in [2.45, 2.75) is 18.9 Å². The minimum Gasteiger partial charge on any atom is -0.378 e. The molecule has 32 heavy (non-hydrogen) atoms. The summed E-state index contributed by atoms with van der Waals surface area (Å²) < 4.78 is 18.8. The molecule has 1 atom stereocenters. The number of ether oxygens (including phenoxy) is 1. The van der Waals surface area contributed by atoms with Gasteiger partial charge in [-0.3, -0.25) is 19.6 Å². The number of morpholine rings is 1. The Balaban J connectivity index is 1.56. The molecular formula is C23H24FN5O3. The molecule has 2 aromatic heterocycles. The van der Waals surface area contributed by atoms with E-state index in [2.05, 4.69) is 20.3 Å². The van der Waals surface area contributed by atoms with Gasteiger partial charge in [0.05, 0.1) is 31.4 Å². The van der Waals surface area contributed by atoms with Crippen molar-refractivity contribution in [3.05, 3.63) is 87.9 Å². The first-order chi connectivity index (χ1) is 15.6.